The van der Waals surface area contributed by atoms with Gasteiger partial charge in [0.15, 0.2) is 0 Å². The molecule has 1 aromatic heterocycles. The number of likely N-dealkylation sites (tertiary alicyclic amines) is 1. The lowest BCUT2D eigenvalue weighted by atomic mass is 9.99. The standard InChI is InChI=1S/C21H27ClN4O2/c1-16-9-13-25(14-10-16)12-2-11-23-20(27)15-26-21(28)8-7-19(24-26)17-3-5-18(22)6-4-17/h3-8,16H,2,9-15H2,1H3,(H,23,27). The lowest BCUT2D eigenvalue weighted by Crippen LogP contribution is -2.37. The zero-order valence-electron chi connectivity index (χ0n) is 16.2. The topological polar surface area (TPSA) is 67.2 Å². The maximum atomic E-state index is 12.2. The first-order valence-corrected chi connectivity index (χ1v) is 10.2. The zero-order valence-corrected chi connectivity index (χ0v) is 17.0. The Labute approximate surface area is 170 Å². The van der Waals surface area contributed by atoms with Crippen LogP contribution >= 0.6 is 11.6 Å². The Morgan fingerprint density at radius 3 is 2.61 bits per heavy atom. The largest absolute Gasteiger partial charge is 0.354 e. The molecule has 1 aliphatic rings. The summed E-state index contributed by atoms with van der Waals surface area (Å²) in [7, 11) is 0. The minimum Gasteiger partial charge on any atom is -0.354 e. The van der Waals surface area contributed by atoms with Crippen molar-refractivity contribution in [2.24, 2.45) is 5.92 Å². The Balaban J connectivity index is 1.49. The van der Waals surface area contributed by atoms with Crippen LogP contribution in [0.2, 0.25) is 5.02 Å². The van der Waals surface area contributed by atoms with Crippen molar-refractivity contribution in [1.29, 1.82) is 0 Å². The fourth-order valence-corrected chi connectivity index (χ4v) is 3.47. The van der Waals surface area contributed by atoms with Crippen molar-refractivity contribution in [3.8, 4) is 11.3 Å². The molecule has 2 aromatic rings. The van der Waals surface area contributed by atoms with E-state index in [1.54, 1.807) is 18.2 Å². The second-order valence-electron chi connectivity index (χ2n) is 7.45. The van der Waals surface area contributed by atoms with Gasteiger partial charge in [-0.2, -0.15) is 5.10 Å². The first-order valence-electron chi connectivity index (χ1n) is 9.84. The van der Waals surface area contributed by atoms with Crippen LogP contribution in [0.4, 0.5) is 0 Å². The molecule has 3 rings (SSSR count). The van der Waals surface area contributed by atoms with Crippen molar-refractivity contribution < 1.29 is 4.79 Å². The van der Waals surface area contributed by atoms with Crippen LogP contribution in [0.1, 0.15) is 26.2 Å². The second-order valence-corrected chi connectivity index (χ2v) is 7.89. The summed E-state index contributed by atoms with van der Waals surface area (Å²) in [4.78, 5) is 26.7. The van der Waals surface area contributed by atoms with E-state index in [1.165, 1.54) is 23.6 Å². The van der Waals surface area contributed by atoms with Gasteiger partial charge >= 0.3 is 0 Å². The Morgan fingerprint density at radius 1 is 1.18 bits per heavy atom. The van der Waals surface area contributed by atoms with Crippen molar-refractivity contribution >= 4 is 17.5 Å². The van der Waals surface area contributed by atoms with Crippen LogP contribution in [0.3, 0.4) is 0 Å². The van der Waals surface area contributed by atoms with Gasteiger partial charge < -0.3 is 10.2 Å². The average molecular weight is 403 g/mol. The van der Waals surface area contributed by atoms with E-state index in [0.29, 0.717) is 17.3 Å². The molecule has 1 saturated heterocycles. The van der Waals surface area contributed by atoms with E-state index < -0.39 is 0 Å². The monoisotopic (exact) mass is 402 g/mol. The van der Waals surface area contributed by atoms with E-state index in [1.807, 2.05) is 12.1 Å². The molecule has 1 aromatic carbocycles. The number of hydrogen-bond acceptors (Lipinski definition) is 4. The van der Waals surface area contributed by atoms with Gasteiger partial charge in [0.2, 0.25) is 5.91 Å². The number of amides is 1. The summed E-state index contributed by atoms with van der Waals surface area (Å²) in [5.74, 6) is 0.625. The van der Waals surface area contributed by atoms with Crippen LogP contribution in [-0.2, 0) is 11.3 Å². The van der Waals surface area contributed by atoms with E-state index in [9.17, 15) is 9.59 Å². The molecular weight excluding hydrogens is 376 g/mol. The number of nitrogens with one attached hydrogen (secondary N) is 1. The van der Waals surface area contributed by atoms with Crippen molar-refractivity contribution in [3.05, 3.63) is 51.8 Å². The number of carbonyl (C=O) groups excluding carboxylic acids is 1. The summed E-state index contributed by atoms with van der Waals surface area (Å²) in [5, 5.41) is 7.84. The molecule has 7 heteroatoms. The van der Waals surface area contributed by atoms with Crippen LogP contribution in [0.25, 0.3) is 11.3 Å². The summed E-state index contributed by atoms with van der Waals surface area (Å²) in [5.41, 5.74) is 1.17. The number of carbonyl (C=O) groups is 1. The first-order chi connectivity index (χ1) is 13.5. The van der Waals surface area contributed by atoms with Gasteiger partial charge in [-0.1, -0.05) is 30.7 Å². The highest BCUT2D eigenvalue weighted by atomic mass is 35.5. The molecule has 0 aliphatic carbocycles. The number of benzene rings is 1. The minimum atomic E-state index is -0.296. The summed E-state index contributed by atoms with van der Waals surface area (Å²) in [6.45, 7) is 6.11. The Kier molecular flexibility index (Phi) is 7.23. The van der Waals surface area contributed by atoms with Gasteiger partial charge in [-0.05, 0) is 63.0 Å². The molecule has 0 radical (unpaired) electrons. The zero-order chi connectivity index (χ0) is 19.9. The molecule has 6 nitrogen and oxygen atoms in total. The SMILES string of the molecule is CC1CCN(CCCNC(=O)Cn2nc(-c3ccc(Cl)cc3)ccc2=O)CC1. The van der Waals surface area contributed by atoms with Crippen LogP contribution in [0.5, 0.6) is 0 Å². The Hall–Kier alpha value is -2.18. The molecule has 0 atom stereocenters. The third kappa shape index (κ3) is 5.91. The number of hydrogen-bond donors (Lipinski definition) is 1. The van der Waals surface area contributed by atoms with Crippen molar-refractivity contribution in [2.45, 2.75) is 32.7 Å². The Bertz CT molecular complexity index is 842. The average Bonchev–Trinajstić information content (AvgIpc) is 2.69. The molecule has 1 aliphatic heterocycles. The molecule has 1 fully saturated rings. The quantitative estimate of drug-likeness (QED) is 0.723. The van der Waals surface area contributed by atoms with Crippen LogP contribution < -0.4 is 10.9 Å². The van der Waals surface area contributed by atoms with E-state index >= 15 is 0 Å². The summed E-state index contributed by atoms with van der Waals surface area (Å²) >= 11 is 5.91. The number of piperidine rings is 1. The fraction of sp³-hybridized carbons (Fsp3) is 0.476. The van der Waals surface area contributed by atoms with E-state index in [-0.39, 0.29) is 18.0 Å². The van der Waals surface area contributed by atoms with Gasteiger partial charge in [-0.3, -0.25) is 9.59 Å². The predicted molar refractivity (Wildman–Crippen MR) is 111 cm³/mol. The molecule has 0 bridgehead atoms. The normalized spacial score (nSPS) is 15.5. The van der Waals surface area contributed by atoms with Crippen LogP contribution in [0.15, 0.2) is 41.2 Å². The molecule has 0 saturated carbocycles. The highest BCUT2D eigenvalue weighted by molar-refractivity contribution is 6.30. The smallest absolute Gasteiger partial charge is 0.267 e. The number of rotatable bonds is 7. The summed E-state index contributed by atoms with van der Waals surface area (Å²) in [6, 6.07) is 10.3. The third-order valence-electron chi connectivity index (χ3n) is 5.15. The maximum Gasteiger partial charge on any atom is 0.267 e. The molecular formula is C21H27ClN4O2. The van der Waals surface area contributed by atoms with Gasteiger partial charge in [0.1, 0.15) is 6.54 Å². The van der Waals surface area contributed by atoms with Gasteiger partial charge in [-0.15, -0.1) is 0 Å². The molecule has 1 N–H and O–H groups in total. The van der Waals surface area contributed by atoms with Crippen molar-refractivity contribution in [2.75, 3.05) is 26.2 Å². The molecule has 0 unspecified atom stereocenters. The highest BCUT2D eigenvalue weighted by Crippen LogP contribution is 2.18. The van der Waals surface area contributed by atoms with Gasteiger partial charge in [0, 0.05) is 23.2 Å². The Morgan fingerprint density at radius 2 is 1.89 bits per heavy atom. The maximum absolute atomic E-state index is 12.2. The molecule has 150 valence electrons. The number of nitrogens with zero attached hydrogens (tertiary/aromatic N) is 3. The summed E-state index contributed by atoms with van der Waals surface area (Å²) < 4.78 is 1.20. The van der Waals surface area contributed by atoms with Gasteiger partial charge in [0.25, 0.3) is 5.56 Å². The van der Waals surface area contributed by atoms with Gasteiger partial charge in [-0.25, -0.2) is 4.68 Å². The lowest BCUT2D eigenvalue weighted by molar-refractivity contribution is -0.121. The van der Waals surface area contributed by atoms with Crippen molar-refractivity contribution in [1.82, 2.24) is 20.0 Å². The molecule has 2 heterocycles. The van der Waals surface area contributed by atoms with Gasteiger partial charge in [0.05, 0.1) is 5.69 Å². The van der Waals surface area contributed by atoms with E-state index in [4.69, 9.17) is 11.6 Å². The predicted octanol–water partition coefficient (Wildman–Crippen LogP) is 2.80. The second kappa shape index (κ2) is 9.85. The fourth-order valence-electron chi connectivity index (χ4n) is 3.34. The molecule has 1 amide bonds. The van der Waals surface area contributed by atoms with E-state index in [0.717, 1.165) is 37.5 Å². The molecule has 0 spiro atoms. The van der Waals surface area contributed by atoms with E-state index in [2.05, 4.69) is 22.2 Å². The van der Waals surface area contributed by atoms with Crippen LogP contribution in [-0.4, -0.2) is 46.8 Å². The van der Waals surface area contributed by atoms with Crippen molar-refractivity contribution in [3.63, 3.8) is 0 Å². The third-order valence-corrected chi connectivity index (χ3v) is 5.40. The highest BCUT2D eigenvalue weighted by Gasteiger charge is 2.15. The first kappa shape index (κ1) is 20.6. The summed E-state index contributed by atoms with van der Waals surface area (Å²) in [6.07, 6.45) is 3.42. The number of halogens is 1. The molecule has 28 heavy (non-hydrogen) atoms. The minimum absolute atomic E-state index is 0.0819. The number of aromatic nitrogens is 2. The lowest BCUT2D eigenvalue weighted by Gasteiger charge is -2.30. The van der Waals surface area contributed by atoms with Crippen LogP contribution in [0, 0.1) is 5.92 Å².